The van der Waals surface area contributed by atoms with E-state index in [1.165, 1.54) is 9.80 Å². The number of esters is 2. The van der Waals surface area contributed by atoms with Crippen LogP contribution in [0.1, 0.15) is 0 Å². The summed E-state index contributed by atoms with van der Waals surface area (Å²) in [5.74, 6) is -4.10. The largest absolute Gasteiger partial charge is 2.00 e. The first-order valence-electron chi connectivity index (χ1n) is 6.26. The van der Waals surface area contributed by atoms with Gasteiger partial charge in [-0.15, -0.1) is 0 Å². The van der Waals surface area contributed by atoms with Crippen molar-refractivity contribution >= 4 is 23.9 Å². The van der Waals surface area contributed by atoms with Gasteiger partial charge in [-0.05, 0) is 0 Å². The Hall–Kier alpha value is -1.80. The summed E-state index contributed by atoms with van der Waals surface area (Å²) < 4.78 is 8.86. The Labute approximate surface area is 160 Å². The maximum atomic E-state index is 11.2. The number of methoxy groups -OCH3 is 2. The van der Waals surface area contributed by atoms with E-state index in [9.17, 15) is 29.4 Å². The zero-order chi connectivity index (χ0) is 17.1. The fourth-order valence-electron chi connectivity index (χ4n) is 1.57. The predicted octanol–water partition coefficient (Wildman–Crippen LogP) is -7.14. The van der Waals surface area contributed by atoms with Crippen LogP contribution in [0.15, 0.2) is 0 Å². The summed E-state index contributed by atoms with van der Waals surface area (Å²) in [5.41, 5.74) is 0. The number of hydrogen-bond donors (Lipinski definition) is 0. The third-order valence-corrected chi connectivity index (χ3v) is 2.60. The number of rotatable bonds is 11. The fraction of sp³-hybridized carbons (Fsp3) is 0.667. The minimum atomic E-state index is -1.40. The van der Waals surface area contributed by atoms with Gasteiger partial charge in [-0.25, -0.2) is 0 Å². The third-order valence-electron chi connectivity index (χ3n) is 2.60. The number of carbonyl (C=O) groups is 4. The predicted molar refractivity (Wildman–Crippen MR) is 79.0 cm³/mol. The Balaban J connectivity index is -0.000000367. The number of aliphatic carboxylic acids is 2. The molecule has 7 N–H and O–H groups in total. The molecule has 0 aliphatic heterocycles. The van der Waals surface area contributed by atoms with Gasteiger partial charge in [-0.1, -0.05) is 0 Å². The van der Waals surface area contributed by atoms with E-state index in [-0.39, 0.29) is 59.7 Å². The van der Waals surface area contributed by atoms with Crippen molar-refractivity contribution in [1.29, 1.82) is 0 Å². The molecule has 0 saturated heterocycles. The van der Waals surface area contributed by atoms with Crippen LogP contribution in [-0.2, 0) is 51.2 Å². The smallest absolute Gasteiger partial charge is 0.549 e. The molecule has 0 aromatic rings. The van der Waals surface area contributed by atoms with E-state index < -0.39 is 37.0 Å². The molecule has 13 nitrogen and oxygen atoms in total. The van der Waals surface area contributed by atoms with Crippen LogP contribution >= 0.6 is 0 Å². The minimum absolute atomic E-state index is 0. The van der Waals surface area contributed by atoms with Crippen LogP contribution < -0.4 is 10.2 Å². The molecule has 0 unspecified atom stereocenters. The number of nitrogens with zero attached hydrogens (tertiary/aromatic N) is 2. The second kappa shape index (κ2) is 19.5. The van der Waals surface area contributed by atoms with Gasteiger partial charge in [-0.2, -0.15) is 0 Å². The van der Waals surface area contributed by atoms with E-state index in [1.54, 1.807) is 0 Å². The molecule has 0 amide bonds. The van der Waals surface area contributed by atoms with Gasteiger partial charge in [0, 0.05) is 26.2 Å². The summed E-state index contributed by atoms with van der Waals surface area (Å²) in [4.78, 5) is 46.0. The molecule has 1 radical (unpaired) electrons. The number of carboxylic acids is 2. The number of hydrogen-bond acceptors (Lipinski definition) is 10. The van der Waals surface area contributed by atoms with Gasteiger partial charge in [0.15, 0.2) is 0 Å². The molecule has 0 aromatic heterocycles. The van der Waals surface area contributed by atoms with Crippen molar-refractivity contribution < 1.29 is 72.4 Å². The number of ether oxygens (including phenoxy) is 2. The average molecular weight is 437 g/mol. The molecular weight excluding hydrogens is 412 g/mol. The standard InChI is InChI=1S/C12H20N2O8.Cu.3H2O/c1-21-11(19)7-13(5-9(15)16)3-4-14(6-10(17)18)8-12(20)22-2;;;;/h3-8H2,1-2H3,(H,15,16)(H,17,18);;3*1H2/q;+2;;;/p-1. The molecule has 0 heterocycles. The molecular formula is C12H25CuN2O11+. The van der Waals surface area contributed by atoms with Crippen molar-refractivity contribution in [3.63, 3.8) is 0 Å². The molecule has 0 aromatic carbocycles. The second-order valence-electron chi connectivity index (χ2n) is 4.32. The summed E-state index contributed by atoms with van der Waals surface area (Å²) in [7, 11) is 2.30. The first kappa shape index (κ1) is 35.3. The van der Waals surface area contributed by atoms with Gasteiger partial charge in [0.1, 0.15) is 0 Å². The van der Waals surface area contributed by atoms with Crippen molar-refractivity contribution in [2.24, 2.45) is 0 Å². The average Bonchev–Trinajstić information content (AvgIpc) is 2.42. The summed E-state index contributed by atoms with van der Waals surface area (Å²) >= 11 is 0. The molecule has 0 atom stereocenters. The topological polar surface area (TPSA) is 235 Å². The van der Waals surface area contributed by atoms with E-state index in [2.05, 4.69) is 9.47 Å². The summed E-state index contributed by atoms with van der Waals surface area (Å²) in [5, 5.41) is 21.3. The van der Waals surface area contributed by atoms with Gasteiger partial charge >= 0.3 is 29.0 Å². The number of carboxylic acid groups (broad SMARTS) is 2. The van der Waals surface area contributed by atoms with Crippen LogP contribution in [0.25, 0.3) is 0 Å². The first-order valence-corrected chi connectivity index (χ1v) is 6.26. The van der Waals surface area contributed by atoms with Crippen LogP contribution in [0.5, 0.6) is 0 Å². The maximum Gasteiger partial charge on any atom is 2.00 e. The molecule has 0 rings (SSSR count). The minimum Gasteiger partial charge on any atom is -0.549 e. The molecule has 0 aliphatic rings. The molecule has 0 fully saturated rings. The van der Waals surface area contributed by atoms with Gasteiger partial charge < -0.3 is 45.7 Å². The first-order chi connectivity index (χ1) is 10.3. The molecule has 0 aliphatic carbocycles. The van der Waals surface area contributed by atoms with Crippen LogP contribution in [0.2, 0.25) is 0 Å². The van der Waals surface area contributed by atoms with E-state index in [4.69, 9.17) is 0 Å². The van der Waals surface area contributed by atoms with Gasteiger partial charge in [0.2, 0.25) is 0 Å². The van der Waals surface area contributed by atoms with Gasteiger partial charge in [0.25, 0.3) is 0 Å². The molecule has 0 bridgehead atoms. The van der Waals surface area contributed by atoms with Crippen molar-refractivity contribution in [1.82, 2.24) is 9.80 Å². The Morgan fingerprint density at radius 2 is 1.00 bits per heavy atom. The molecule has 0 saturated carbocycles. The molecule has 159 valence electrons. The Morgan fingerprint density at radius 1 is 0.731 bits per heavy atom. The SMILES string of the molecule is COC(=O)CN(CCN(CC(=O)[O-])CC(=O)OC)CC(=O)[O-].O.O.[Cu+2].[OH3+]. The Bertz CT molecular complexity index is 384. The monoisotopic (exact) mass is 436 g/mol. The van der Waals surface area contributed by atoms with E-state index in [0.29, 0.717) is 0 Å². The quantitative estimate of drug-likeness (QED) is 0.168. The van der Waals surface area contributed by atoms with Crippen molar-refractivity contribution in [3.05, 3.63) is 0 Å². The molecule has 14 heteroatoms. The zero-order valence-electron chi connectivity index (χ0n) is 14.3. The zero-order valence-corrected chi connectivity index (χ0v) is 15.2. The summed E-state index contributed by atoms with van der Waals surface area (Å²) in [6.45, 7) is -1.66. The summed E-state index contributed by atoms with van der Waals surface area (Å²) in [6.07, 6.45) is 0. The van der Waals surface area contributed by atoms with Crippen LogP contribution in [0, 0.1) is 0 Å². The van der Waals surface area contributed by atoms with E-state index in [0.717, 1.165) is 14.2 Å². The molecule has 26 heavy (non-hydrogen) atoms. The van der Waals surface area contributed by atoms with Crippen LogP contribution in [0.4, 0.5) is 0 Å². The van der Waals surface area contributed by atoms with Crippen molar-refractivity contribution in [2.75, 3.05) is 53.5 Å². The summed E-state index contributed by atoms with van der Waals surface area (Å²) in [6, 6.07) is 0. The number of carbonyl (C=O) groups excluding carboxylic acids is 4. The second-order valence-corrected chi connectivity index (χ2v) is 4.32. The third kappa shape index (κ3) is 18.5. The molecule has 0 spiro atoms. The van der Waals surface area contributed by atoms with Gasteiger partial charge in [-0.3, -0.25) is 19.4 Å². The normalized spacial score (nSPS) is 8.92. The van der Waals surface area contributed by atoms with E-state index >= 15 is 0 Å². The Kier molecular flexibility index (Phi) is 26.5. The van der Waals surface area contributed by atoms with Crippen LogP contribution in [0.3, 0.4) is 0 Å². The Morgan fingerprint density at radius 3 is 1.19 bits per heavy atom. The van der Waals surface area contributed by atoms with Crippen molar-refractivity contribution in [3.8, 4) is 0 Å². The van der Waals surface area contributed by atoms with Crippen LogP contribution in [-0.4, -0.2) is 98.1 Å². The fourth-order valence-corrected chi connectivity index (χ4v) is 1.57. The van der Waals surface area contributed by atoms with E-state index in [1.807, 2.05) is 0 Å². The maximum absolute atomic E-state index is 11.2. The van der Waals surface area contributed by atoms with Crippen molar-refractivity contribution in [2.45, 2.75) is 0 Å². The van der Waals surface area contributed by atoms with Gasteiger partial charge in [0.05, 0.1) is 39.2 Å².